The summed E-state index contributed by atoms with van der Waals surface area (Å²) in [6.45, 7) is 11.5. The maximum atomic E-state index is 16.2. The fraction of sp³-hybridized carbons (Fsp3) is 0.409. The molecule has 2 fully saturated rings. The molecule has 30 nitrogen and oxygen atoms in total. The maximum absolute atomic E-state index is 16.2. The first kappa shape index (κ1) is 87.0. The third-order valence-corrected chi connectivity index (χ3v) is 24.9. The number of hydrogen-bond acceptors (Lipinski definition) is 25. The fourth-order valence-electron chi connectivity index (χ4n) is 15.2. The third kappa shape index (κ3) is 20.6. The van der Waals surface area contributed by atoms with E-state index in [1.165, 1.54) is 30.2 Å². The van der Waals surface area contributed by atoms with Crippen molar-refractivity contribution >= 4 is 74.0 Å². The number of ether oxygens (including phenoxy) is 6. The van der Waals surface area contributed by atoms with Gasteiger partial charge in [0.1, 0.15) is 72.9 Å². The standard InChI is InChI=1S/C88H100N14O16P2/c1-57(2)27-37-65(103)38-30-60-28-31-61(32-29-60)86(105)98-83-81-85(94-54-92-83)101(56-96-81)79-49-74(75(115-79)51-111-88(62-20-11-10-12-21-62,63-33-39-66(108-8)40-34-63)64-35-41-67(109-9)42-36-64)118-120(107,113-47-19-44-90)114-52-76-73(117-119(112-46-18-43-89)102(58(3)4)59(5)6)48-78(116-76)100-55-95-80-82(91-53-93-84(80)100)97-77(104)26-17-45-99(7)87(106)110-50-72-70-24-15-13-22-68(70)69-23-14-16-25-71(69)72/h10-16,20-25,28-29,31-36,39-42,53-59,72-76,78-79H,17-19,26-27,30,37-38,45-52H2,1-9H3,(H,91,93,97,104)(H,92,94,98,105)/t73-,74-,75-,76-,78-,79-,119?,120?/m1/s1. The van der Waals surface area contributed by atoms with E-state index in [9.17, 15) is 29.7 Å². The Kier molecular flexibility index (Phi) is 29.4. The van der Waals surface area contributed by atoms with Gasteiger partial charge in [-0.15, -0.1) is 0 Å². The van der Waals surface area contributed by atoms with Crippen molar-refractivity contribution in [2.45, 2.75) is 166 Å². The highest BCUT2D eigenvalue weighted by Gasteiger charge is 2.49. The summed E-state index contributed by atoms with van der Waals surface area (Å²) in [5.74, 6) is 1.10. The van der Waals surface area contributed by atoms with E-state index >= 15 is 4.57 Å². The van der Waals surface area contributed by atoms with E-state index < -0.39 is 84.0 Å². The highest BCUT2D eigenvalue weighted by molar-refractivity contribution is 7.48. The second-order valence-corrected chi connectivity index (χ2v) is 33.5. The van der Waals surface area contributed by atoms with E-state index in [1.807, 2.05) is 143 Å². The van der Waals surface area contributed by atoms with Crippen LogP contribution in [0.1, 0.15) is 161 Å². The van der Waals surface area contributed by atoms with Crippen molar-refractivity contribution in [3.05, 3.63) is 216 Å². The van der Waals surface area contributed by atoms with Crippen molar-refractivity contribution in [2.75, 3.05) is 71.5 Å². The minimum absolute atomic E-state index is 0.0210. The highest BCUT2D eigenvalue weighted by atomic mass is 31.2. The van der Waals surface area contributed by atoms with E-state index in [2.05, 4.69) is 85.5 Å². The quantitative estimate of drug-likeness (QED) is 0.0204. The number of methoxy groups -OCH3 is 2. The number of phosphoric acid groups is 1. The first-order chi connectivity index (χ1) is 58.2. The molecule has 6 aromatic carbocycles. The van der Waals surface area contributed by atoms with Crippen LogP contribution in [0.2, 0.25) is 0 Å². The summed E-state index contributed by atoms with van der Waals surface area (Å²) < 4.78 is 93.4. The monoisotopic (exact) mass is 1670 g/mol. The van der Waals surface area contributed by atoms with Gasteiger partial charge in [0.15, 0.2) is 34.0 Å². The summed E-state index contributed by atoms with van der Waals surface area (Å²) in [6, 6.07) is 51.9. The lowest BCUT2D eigenvalue weighted by atomic mass is 9.80. The summed E-state index contributed by atoms with van der Waals surface area (Å²) in [5.41, 5.74) is 7.45. The van der Waals surface area contributed by atoms with E-state index in [0.717, 1.165) is 39.8 Å². The summed E-state index contributed by atoms with van der Waals surface area (Å²) >= 11 is 0. The maximum Gasteiger partial charge on any atom is 0.475 e. The Labute approximate surface area is 698 Å². The number of phosphoric ester groups is 1. The van der Waals surface area contributed by atoms with E-state index in [0.29, 0.717) is 59.8 Å². The molecular formula is C88H100N14O16P2. The number of rotatable bonds is 41. The number of aromatic nitrogens is 8. The molecule has 0 spiro atoms. The fourth-order valence-corrected chi connectivity index (χ4v) is 18.4. The van der Waals surface area contributed by atoms with Gasteiger partial charge in [-0.3, -0.25) is 37.1 Å². The summed E-state index contributed by atoms with van der Waals surface area (Å²) in [5, 5.41) is 25.5. The van der Waals surface area contributed by atoms with E-state index in [4.69, 9.17) is 61.0 Å². The molecule has 120 heavy (non-hydrogen) atoms. The SMILES string of the molecule is COc1ccc(C(OC[C@H]2O[C@@H](n3cnc4c(NC(=O)c5ccc(CCC(=O)CCC(C)C)cc5)ncnc43)C[C@H]2OP(=O)(OCCC#N)OC[C@H]2O[C@@H](n3cnc4c(NC(=O)CCCN(C)C(=O)OCC5c6ccccc6-c6ccccc65)ncnc43)C[C@H]2OP(OCCC#N)N(C(C)C)C(C)C)(c2ccccc2)c2ccc(OC)cc2)cc1. The zero-order valence-corrected chi connectivity index (χ0v) is 70.4. The number of anilines is 2. The number of amides is 3. The van der Waals surface area contributed by atoms with Crippen LogP contribution in [0.4, 0.5) is 16.4 Å². The molecule has 2 saturated heterocycles. The van der Waals surface area contributed by atoms with E-state index in [1.54, 1.807) is 42.5 Å². The molecular weight excluding hydrogens is 1570 g/mol. The summed E-state index contributed by atoms with van der Waals surface area (Å²) in [7, 11) is -2.07. The van der Waals surface area contributed by atoms with Crippen LogP contribution in [0, 0.1) is 28.6 Å². The van der Waals surface area contributed by atoms with Crippen LogP contribution in [-0.4, -0.2) is 170 Å². The number of carbonyl (C=O) groups is 4. The van der Waals surface area contributed by atoms with Crippen LogP contribution >= 0.6 is 16.3 Å². The second kappa shape index (κ2) is 40.5. The molecule has 1 aliphatic carbocycles. The van der Waals surface area contributed by atoms with Gasteiger partial charge in [0, 0.05) is 69.3 Å². The molecule has 2 unspecified atom stereocenters. The van der Waals surface area contributed by atoms with Gasteiger partial charge in [0.25, 0.3) is 14.4 Å². The van der Waals surface area contributed by atoms with E-state index in [-0.39, 0.29) is 122 Å². The van der Waals surface area contributed by atoms with Crippen molar-refractivity contribution in [2.24, 2.45) is 5.92 Å². The second-order valence-electron chi connectivity index (χ2n) is 30.5. The first-order valence-electron chi connectivity index (χ1n) is 40.3. The largest absolute Gasteiger partial charge is 0.497 e. The molecule has 2 aliphatic heterocycles. The molecule has 2 N–H and O–H groups in total. The summed E-state index contributed by atoms with van der Waals surface area (Å²) in [6.07, 6.45) is 1.30. The lowest BCUT2D eigenvalue weighted by molar-refractivity contribution is -0.119. The number of Topliss-reactive ketones (excluding diaryl/α,β-unsaturated/α-hetero) is 1. The Morgan fingerprint density at radius 2 is 1.18 bits per heavy atom. The Morgan fingerprint density at radius 3 is 1.75 bits per heavy atom. The zero-order chi connectivity index (χ0) is 84.5. The van der Waals surface area contributed by atoms with Gasteiger partial charge in [-0.1, -0.05) is 129 Å². The number of aryl methyl sites for hydroxylation is 1. The lowest BCUT2D eigenvalue weighted by Crippen LogP contribution is -2.38. The average Bonchev–Trinajstić information content (AvgIpc) is 0.774. The van der Waals surface area contributed by atoms with Gasteiger partial charge in [-0.05, 0) is 134 Å². The Morgan fingerprint density at radius 1 is 0.625 bits per heavy atom. The molecule has 3 aliphatic rings. The molecule has 3 amide bonds. The highest BCUT2D eigenvalue weighted by Crippen LogP contribution is 2.56. The number of hydrogen-bond donors (Lipinski definition) is 2. The number of nitriles is 2. The van der Waals surface area contributed by atoms with Gasteiger partial charge < -0.3 is 53.0 Å². The predicted molar refractivity (Wildman–Crippen MR) is 448 cm³/mol. The predicted octanol–water partition coefficient (Wildman–Crippen LogP) is 16.2. The van der Waals surface area contributed by atoms with Crippen LogP contribution in [-0.2, 0) is 67.7 Å². The number of benzene rings is 6. The van der Waals surface area contributed by atoms with Gasteiger partial charge in [-0.25, -0.2) is 43.9 Å². The van der Waals surface area contributed by atoms with Crippen molar-refractivity contribution in [3.8, 4) is 34.8 Å². The van der Waals surface area contributed by atoms with Crippen molar-refractivity contribution < 1.29 is 74.8 Å². The number of ketones is 1. The molecule has 0 radical (unpaired) electrons. The van der Waals surface area contributed by atoms with Gasteiger partial charge in [0.05, 0.1) is 84.4 Å². The van der Waals surface area contributed by atoms with Crippen molar-refractivity contribution in [1.82, 2.24) is 48.6 Å². The zero-order valence-electron chi connectivity index (χ0n) is 68.6. The first-order valence-corrected chi connectivity index (χ1v) is 42.9. The molecule has 4 aromatic heterocycles. The number of carbonyl (C=O) groups excluding carboxylic acids is 4. The van der Waals surface area contributed by atoms with Crippen LogP contribution in [0.3, 0.4) is 0 Å². The van der Waals surface area contributed by atoms with Crippen LogP contribution in [0.5, 0.6) is 11.5 Å². The molecule has 10 aromatic rings. The molecule has 13 rings (SSSR count). The Bertz CT molecular complexity index is 5200. The summed E-state index contributed by atoms with van der Waals surface area (Å²) in [4.78, 5) is 82.9. The average molecular weight is 1670 g/mol. The van der Waals surface area contributed by atoms with Crippen LogP contribution < -0.4 is 20.1 Å². The smallest absolute Gasteiger partial charge is 0.475 e. The van der Waals surface area contributed by atoms with Crippen molar-refractivity contribution in [1.29, 1.82) is 10.5 Å². The number of imidazole rings is 2. The van der Waals surface area contributed by atoms with Gasteiger partial charge in [-0.2, -0.15) is 10.5 Å². The molecule has 0 saturated carbocycles. The minimum Gasteiger partial charge on any atom is -0.497 e. The number of nitrogens with zero attached hydrogens (tertiary/aromatic N) is 12. The number of fused-ring (bicyclic) bond motifs is 5. The minimum atomic E-state index is -4.93. The molecule has 8 atom stereocenters. The molecule has 6 heterocycles. The van der Waals surface area contributed by atoms with Crippen LogP contribution in [0.15, 0.2) is 177 Å². The van der Waals surface area contributed by atoms with Crippen molar-refractivity contribution in [3.63, 3.8) is 0 Å². The molecule has 0 bridgehead atoms. The normalized spacial score (nSPS) is 17.9. The van der Waals surface area contributed by atoms with Crippen LogP contribution in [0.25, 0.3) is 33.5 Å². The molecule has 628 valence electrons. The Hall–Kier alpha value is -10.8. The Balaban J connectivity index is 0.772. The number of nitrogens with one attached hydrogen (secondary N) is 2. The molecule has 32 heteroatoms. The van der Waals surface area contributed by atoms with Gasteiger partial charge in [0.2, 0.25) is 5.91 Å². The van der Waals surface area contributed by atoms with Gasteiger partial charge >= 0.3 is 13.9 Å². The third-order valence-electron chi connectivity index (χ3n) is 21.3. The topological polar surface area (TPSA) is 352 Å². The lowest BCUT2D eigenvalue weighted by Gasteiger charge is -2.37.